The highest BCUT2D eigenvalue weighted by Crippen LogP contribution is 2.31. The average Bonchev–Trinajstić information content (AvgIpc) is 3.31. The first-order chi connectivity index (χ1) is 18.4. The first-order valence-electron chi connectivity index (χ1n) is 10.6. The molecule has 0 unspecified atom stereocenters. The fourth-order valence-corrected chi connectivity index (χ4v) is 3.71. The van der Waals surface area contributed by atoms with Gasteiger partial charge in [-0.05, 0) is 48.5 Å². The Kier molecular flexibility index (Phi) is 6.52. The molecule has 0 bridgehead atoms. The van der Waals surface area contributed by atoms with E-state index in [0.717, 1.165) is 6.07 Å². The van der Waals surface area contributed by atoms with Crippen LogP contribution in [-0.2, 0) is 9.47 Å². The largest absolute Gasteiger partial charge is 0.478 e. The minimum atomic E-state index is -1.39. The number of aromatic carboxylic acids is 1. The predicted octanol–water partition coefficient (Wildman–Crippen LogP) is 1.26. The lowest BCUT2D eigenvalue weighted by Crippen LogP contribution is -2.25. The summed E-state index contributed by atoms with van der Waals surface area (Å²) in [5, 5.41) is 8.81. The third-order valence-corrected chi connectivity index (χ3v) is 5.43. The predicted molar refractivity (Wildman–Crippen MR) is 127 cm³/mol. The molecule has 0 aliphatic carbocycles. The Hall–Kier alpha value is -6.05. The molecule has 14 nitrogen and oxygen atoms in total. The van der Waals surface area contributed by atoms with Crippen LogP contribution < -0.4 is 21.9 Å². The summed E-state index contributed by atoms with van der Waals surface area (Å²) in [4.78, 5) is 78.8. The van der Waals surface area contributed by atoms with Crippen molar-refractivity contribution in [1.82, 2.24) is 0 Å². The number of carboxylic acid groups (broad SMARTS) is 1. The molecule has 2 aliphatic heterocycles. The van der Waals surface area contributed by atoms with Crippen LogP contribution in [0.5, 0.6) is 11.5 Å². The zero-order valence-electron chi connectivity index (χ0n) is 19.4. The molecule has 2 aliphatic rings. The van der Waals surface area contributed by atoms with Crippen LogP contribution in [-0.4, -0.2) is 46.8 Å². The van der Waals surface area contributed by atoms with E-state index in [-0.39, 0.29) is 45.0 Å². The van der Waals surface area contributed by atoms with E-state index in [0.29, 0.717) is 0 Å². The third kappa shape index (κ3) is 4.84. The van der Waals surface area contributed by atoms with Gasteiger partial charge < -0.3 is 36.5 Å². The average molecular weight is 533 g/mol. The molecule has 0 aromatic heterocycles. The molecule has 0 saturated heterocycles. The first-order valence-corrected chi connectivity index (χ1v) is 10.6. The first kappa shape index (κ1) is 26.0. The maximum absolute atomic E-state index is 11.5. The topological polar surface area (TPSA) is 245 Å². The number of carboxylic acids is 1. The van der Waals surface area contributed by atoms with Crippen molar-refractivity contribution in [1.29, 1.82) is 0 Å². The monoisotopic (exact) mass is 533 g/mol. The van der Waals surface area contributed by atoms with Gasteiger partial charge in [0.2, 0.25) is 5.91 Å². The number of anilines is 1. The Balaban J connectivity index is 0.000000195. The summed E-state index contributed by atoms with van der Waals surface area (Å²) in [5.41, 5.74) is 14.7. The number of nitrogens with two attached hydrogens (primary N) is 3. The summed E-state index contributed by atoms with van der Waals surface area (Å²) in [7, 11) is 0. The number of fused-ring (bicyclic) bond motifs is 2. The molecule has 14 heteroatoms. The van der Waals surface area contributed by atoms with Gasteiger partial charge in [-0.25, -0.2) is 24.0 Å². The molecule has 0 spiro atoms. The second kappa shape index (κ2) is 9.78. The SMILES string of the molecule is NC(=O)c1c(N)ccc(C(=O)O)c1C(N)=O.O=C1OC(=O)c2cc(Oc3ccc4c(c3)C(=O)OC4=O)ccc21. The van der Waals surface area contributed by atoms with Gasteiger partial charge in [0.25, 0.3) is 5.91 Å². The van der Waals surface area contributed by atoms with E-state index in [1.807, 2.05) is 0 Å². The zero-order valence-corrected chi connectivity index (χ0v) is 19.4. The third-order valence-electron chi connectivity index (χ3n) is 5.43. The summed E-state index contributed by atoms with van der Waals surface area (Å²) < 4.78 is 14.5. The van der Waals surface area contributed by atoms with Crippen LogP contribution in [0.25, 0.3) is 0 Å². The number of benzene rings is 3. The fraction of sp³-hybridized carbons (Fsp3) is 0. The Morgan fingerprint density at radius 1 is 0.641 bits per heavy atom. The smallest absolute Gasteiger partial charge is 0.347 e. The molecule has 196 valence electrons. The molecule has 2 heterocycles. The molecule has 3 aromatic carbocycles. The van der Waals surface area contributed by atoms with Crippen LogP contribution in [0.1, 0.15) is 72.5 Å². The Labute approximate surface area is 216 Å². The van der Waals surface area contributed by atoms with Crippen molar-refractivity contribution in [2.75, 3.05) is 5.73 Å². The number of esters is 4. The number of hydrogen-bond acceptors (Lipinski definition) is 11. The molecule has 0 saturated carbocycles. The molecular weight excluding hydrogens is 518 g/mol. The lowest BCUT2D eigenvalue weighted by atomic mass is 9.98. The zero-order chi connectivity index (χ0) is 28.6. The lowest BCUT2D eigenvalue weighted by molar-refractivity contribution is 0.0425. The van der Waals surface area contributed by atoms with Gasteiger partial charge in [-0.3, -0.25) is 9.59 Å². The van der Waals surface area contributed by atoms with Gasteiger partial charge in [0.15, 0.2) is 0 Å². The van der Waals surface area contributed by atoms with Gasteiger partial charge in [0.1, 0.15) is 11.5 Å². The second-order valence-corrected chi connectivity index (χ2v) is 7.86. The number of hydrogen-bond donors (Lipinski definition) is 4. The van der Waals surface area contributed by atoms with Crippen LogP contribution in [0.3, 0.4) is 0 Å². The maximum atomic E-state index is 11.5. The van der Waals surface area contributed by atoms with Crippen LogP contribution in [0.2, 0.25) is 0 Å². The van der Waals surface area contributed by atoms with Crippen molar-refractivity contribution in [3.05, 3.63) is 87.5 Å². The molecule has 5 rings (SSSR count). The van der Waals surface area contributed by atoms with E-state index >= 15 is 0 Å². The van der Waals surface area contributed by atoms with E-state index in [1.54, 1.807) is 0 Å². The van der Waals surface area contributed by atoms with E-state index in [9.17, 15) is 33.6 Å². The number of carbonyl (C=O) groups is 7. The minimum absolute atomic E-state index is 0.0914. The van der Waals surface area contributed by atoms with Gasteiger partial charge in [-0.15, -0.1) is 0 Å². The van der Waals surface area contributed by atoms with Crippen molar-refractivity contribution in [3.8, 4) is 11.5 Å². The highest BCUT2D eigenvalue weighted by atomic mass is 16.6. The Morgan fingerprint density at radius 2 is 1.08 bits per heavy atom. The van der Waals surface area contributed by atoms with Crippen LogP contribution in [0, 0.1) is 0 Å². The number of primary amides is 2. The number of carbonyl (C=O) groups excluding carboxylic acids is 6. The van der Waals surface area contributed by atoms with Crippen LogP contribution in [0.15, 0.2) is 48.5 Å². The van der Waals surface area contributed by atoms with Gasteiger partial charge in [-0.2, -0.15) is 0 Å². The molecular formula is C25H15N3O11. The second-order valence-electron chi connectivity index (χ2n) is 7.86. The lowest BCUT2D eigenvalue weighted by Gasteiger charge is -2.09. The molecule has 0 atom stereocenters. The van der Waals surface area contributed by atoms with Crippen molar-refractivity contribution in [2.24, 2.45) is 11.5 Å². The minimum Gasteiger partial charge on any atom is -0.478 e. The molecule has 2 amide bonds. The molecule has 39 heavy (non-hydrogen) atoms. The summed E-state index contributed by atoms with van der Waals surface area (Å²) >= 11 is 0. The Morgan fingerprint density at radius 3 is 1.49 bits per heavy atom. The molecule has 7 N–H and O–H groups in total. The van der Waals surface area contributed by atoms with E-state index in [1.165, 1.54) is 42.5 Å². The normalized spacial score (nSPS) is 12.9. The number of rotatable bonds is 5. The van der Waals surface area contributed by atoms with Gasteiger partial charge in [-0.1, -0.05) is 0 Å². The number of ether oxygens (including phenoxy) is 3. The van der Waals surface area contributed by atoms with Gasteiger partial charge in [0.05, 0.1) is 38.9 Å². The van der Waals surface area contributed by atoms with Crippen molar-refractivity contribution in [2.45, 2.75) is 0 Å². The number of nitrogen functional groups attached to an aromatic ring is 1. The van der Waals surface area contributed by atoms with E-state index in [4.69, 9.17) is 27.0 Å². The molecule has 0 fully saturated rings. The van der Waals surface area contributed by atoms with Crippen LogP contribution in [0.4, 0.5) is 5.69 Å². The summed E-state index contributed by atoms with van der Waals surface area (Å²) in [6.45, 7) is 0. The van der Waals surface area contributed by atoms with Crippen molar-refractivity contribution in [3.63, 3.8) is 0 Å². The van der Waals surface area contributed by atoms with Gasteiger partial charge in [0, 0.05) is 5.69 Å². The van der Waals surface area contributed by atoms with Gasteiger partial charge >= 0.3 is 29.8 Å². The number of cyclic esters (lactones) is 4. The number of amides is 2. The quantitative estimate of drug-likeness (QED) is 0.206. The summed E-state index contributed by atoms with van der Waals surface area (Å²) in [5.74, 6) is -5.77. The fourth-order valence-electron chi connectivity index (χ4n) is 3.71. The maximum Gasteiger partial charge on any atom is 0.347 e. The van der Waals surface area contributed by atoms with Crippen LogP contribution >= 0.6 is 0 Å². The van der Waals surface area contributed by atoms with Crippen molar-refractivity contribution < 1.29 is 52.9 Å². The standard InChI is InChI=1S/C16H6O7.C9H9N3O4/c17-13-9-3-1-7(5-11(9)15(19)22-13)21-8-2-4-10-12(6-8)16(20)23-14(10)18;10-4-2-1-3(9(15)16)5(7(11)13)6(4)8(12)14/h1-6H;1-2H,10H2,(H2,11,13)(H2,12,14)(H,15,16). The summed E-state index contributed by atoms with van der Waals surface area (Å²) in [6.07, 6.45) is 0. The molecule has 3 aromatic rings. The summed E-state index contributed by atoms with van der Waals surface area (Å²) in [6, 6.07) is 10.8. The molecule has 0 radical (unpaired) electrons. The Bertz CT molecular complexity index is 1580. The highest BCUT2D eigenvalue weighted by molar-refractivity contribution is 6.16. The van der Waals surface area contributed by atoms with E-state index < -0.39 is 52.8 Å². The van der Waals surface area contributed by atoms with E-state index in [2.05, 4.69) is 9.47 Å². The highest BCUT2D eigenvalue weighted by Gasteiger charge is 2.31. The van der Waals surface area contributed by atoms with Crippen molar-refractivity contribution >= 4 is 47.3 Å².